The van der Waals surface area contributed by atoms with Crippen molar-refractivity contribution in [2.45, 2.75) is 45.8 Å². The second-order valence-corrected chi connectivity index (χ2v) is 7.54. The second kappa shape index (κ2) is 8.08. The molecule has 8 heteroatoms. The van der Waals surface area contributed by atoms with Gasteiger partial charge in [0.25, 0.3) is 0 Å². The summed E-state index contributed by atoms with van der Waals surface area (Å²) in [5.41, 5.74) is 5.26. The summed E-state index contributed by atoms with van der Waals surface area (Å²) in [6.45, 7) is 9.83. The third-order valence-electron chi connectivity index (χ3n) is 4.98. The molecule has 1 aliphatic heterocycles. The molecule has 0 atom stereocenters. The minimum atomic E-state index is -1.02. The molecule has 0 spiro atoms. The maximum Gasteiger partial charge on any atom is 0.497 e. The topological polar surface area (TPSA) is 66.1 Å². The molecule has 2 rings (SSSR count). The fourth-order valence-corrected chi connectivity index (χ4v) is 2.61. The van der Waals surface area contributed by atoms with Crippen molar-refractivity contribution < 1.29 is 22.8 Å². The molecule has 1 heterocycles. The first-order valence-electron chi connectivity index (χ1n) is 8.81. The van der Waals surface area contributed by atoms with E-state index >= 15 is 0 Å². The quantitative estimate of drug-likeness (QED) is 0.468. The van der Waals surface area contributed by atoms with Gasteiger partial charge in [-0.25, -0.2) is 8.78 Å². The lowest BCUT2D eigenvalue weighted by atomic mass is 9.77. The molecule has 5 nitrogen and oxygen atoms in total. The van der Waals surface area contributed by atoms with Crippen LogP contribution in [0.5, 0.6) is 0 Å². The molecule has 0 amide bonds. The molecule has 1 aromatic rings. The van der Waals surface area contributed by atoms with Gasteiger partial charge in [-0.15, -0.1) is 0 Å². The van der Waals surface area contributed by atoms with Crippen LogP contribution in [0.4, 0.5) is 8.78 Å². The van der Waals surface area contributed by atoms with E-state index in [1.807, 2.05) is 27.7 Å². The summed E-state index contributed by atoms with van der Waals surface area (Å²) in [7, 11) is 0.574. The molecular weight excluding hydrogens is 353 g/mol. The van der Waals surface area contributed by atoms with Crippen LogP contribution in [-0.2, 0) is 14.0 Å². The van der Waals surface area contributed by atoms with Crippen molar-refractivity contribution in [1.29, 1.82) is 0 Å². The summed E-state index contributed by atoms with van der Waals surface area (Å²) in [4.78, 5) is 4.14. The molecule has 1 aromatic carbocycles. The van der Waals surface area contributed by atoms with Crippen molar-refractivity contribution in [3.8, 4) is 0 Å². The Morgan fingerprint density at radius 1 is 1.19 bits per heavy atom. The lowest BCUT2D eigenvalue weighted by Crippen LogP contribution is -2.41. The molecule has 0 radical (unpaired) electrons. The number of nitrogens with two attached hydrogens (primary N) is 1. The molecule has 1 aliphatic rings. The smallest absolute Gasteiger partial charge is 0.402 e. The van der Waals surface area contributed by atoms with Gasteiger partial charge in [-0.3, -0.25) is 4.99 Å². The van der Waals surface area contributed by atoms with Gasteiger partial charge in [0.1, 0.15) is 0 Å². The van der Waals surface area contributed by atoms with Crippen molar-refractivity contribution in [3.63, 3.8) is 0 Å². The molecule has 1 fully saturated rings. The van der Waals surface area contributed by atoms with Crippen LogP contribution in [0.1, 0.15) is 40.2 Å². The Bertz CT molecular complexity index is 744. The summed E-state index contributed by atoms with van der Waals surface area (Å²) in [5.74, 6) is -2.03. The van der Waals surface area contributed by atoms with Gasteiger partial charge in [-0.1, -0.05) is 12.1 Å². The number of halogens is 2. The third-order valence-corrected chi connectivity index (χ3v) is 4.98. The van der Waals surface area contributed by atoms with E-state index < -0.39 is 30.0 Å². The second-order valence-electron chi connectivity index (χ2n) is 7.54. The number of rotatable bonds is 6. The summed E-state index contributed by atoms with van der Waals surface area (Å²) in [6, 6.07) is 2.93. The fourth-order valence-electron chi connectivity index (χ4n) is 2.61. The maximum atomic E-state index is 14.8. The Hall–Kier alpha value is -1.77. The highest BCUT2D eigenvalue weighted by Gasteiger charge is 2.52. The third kappa shape index (κ3) is 4.39. The number of methoxy groups -OCH3 is 1. The minimum Gasteiger partial charge on any atom is -0.402 e. The normalized spacial score (nSPS) is 19.6. The lowest BCUT2D eigenvalue weighted by Gasteiger charge is -2.32. The Morgan fingerprint density at radius 2 is 1.78 bits per heavy atom. The Balaban J connectivity index is 2.37. The molecule has 1 saturated heterocycles. The predicted molar refractivity (Wildman–Crippen MR) is 104 cm³/mol. The number of benzene rings is 1. The van der Waals surface area contributed by atoms with Crippen molar-refractivity contribution >= 4 is 24.4 Å². The van der Waals surface area contributed by atoms with Crippen LogP contribution in [0, 0.1) is 11.6 Å². The predicted octanol–water partition coefficient (Wildman–Crippen LogP) is 2.67. The molecule has 148 valence electrons. The average Bonchev–Trinajstić information content (AvgIpc) is 2.78. The standard InChI is InChI=1S/C19H27BF2N2O3/c1-12(23)14(11-24-9-10-25-6)13-7-8-15(17(22)16(13)21)20-26-18(2,3)19(4,5)27-20/h7-8,11H,9-10,23H2,1-6H3/b14-12+,24-11?. The summed E-state index contributed by atoms with van der Waals surface area (Å²) < 4.78 is 46.2. The number of hydrogen-bond donors (Lipinski definition) is 1. The van der Waals surface area contributed by atoms with Gasteiger partial charge in [0.2, 0.25) is 0 Å². The molecule has 0 aromatic heterocycles. The average molecular weight is 380 g/mol. The van der Waals surface area contributed by atoms with E-state index in [9.17, 15) is 8.78 Å². The highest BCUT2D eigenvalue weighted by Crippen LogP contribution is 2.37. The van der Waals surface area contributed by atoms with Gasteiger partial charge >= 0.3 is 7.12 Å². The fraction of sp³-hybridized carbons (Fsp3) is 0.526. The summed E-state index contributed by atoms with van der Waals surface area (Å²) >= 11 is 0. The molecule has 0 saturated carbocycles. The number of allylic oxidation sites excluding steroid dienone is 2. The first kappa shape index (κ1) is 21.5. The summed E-state index contributed by atoms with van der Waals surface area (Å²) in [6.07, 6.45) is 1.43. The van der Waals surface area contributed by atoms with Crippen LogP contribution in [0.2, 0.25) is 0 Å². The van der Waals surface area contributed by atoms with E-state index in [1.165, 1.54) is 18.3 Å². The number of nitrogens with zero attached hydrogens (tertiary/aromatic N) is 1. The van der Waals surface area contributed by atoms with Crippen LogP contribution in [-0.4, -0.2) is 44.8 Å². The number of aliphatic imine (C=N–C) groups is 1. The van der Waals surface area contributed by atoms with Crippen molar-refractivity contribution in [3.05, 3.63) is 35.0 Å². The number of hydrogen-bond acceptors (Lipinski definition) is 5. The SMILES string of the molecule is COCCN=C/C(=C(/C)N)c1ccc(B2OC(C)(C)C(C)(C)O2)c(F)c1F. The first-order chi connectivity index (χ1) is 12.5. The van der Waals surface area contributed by atoms with Crippen LogP contribution < -0.4 is 11.2 Å². The highest BCUT2D eigenvalue weighted by molar-refractivity contribution is 6.62. The van der Waals surface area contributed by atoms with Gasteiger partial charge in [-0.05, 0) is 34.6 Å². The number of ether oxygens (including phenoxy) is 1. The molecule has 0 unspecified atom stereocenters. The zero-order valence-electron chi connectivity index (χ0n) is 16.7. The molecule has 0 bridgehead atoms. The van der Waals surface area contributed by atoms with Gasteiger partial charge in [-0.2, -0.15) is 0 Å². The van der Waals surface area contributed by atoms with E-state index in [4.69, 9.17) is 19.8 Å². The molecular formula is C19H27BF2N2O3. The van der Waals surface area contributed by atoms with E-state index in [0.717, 1.165) is 0 Å². The van der Waals surface area contributed by atoms with Crippen LogP contribution >= 0.6 is 0 Å². The van der Waals surface area contributed by atoms with Crippen molar-refractivity contribution in [2.24, 2.45) is 10.7 Å². The monoisotopic (exact) mass is 380 g/mol. The Labute approximate surface area is 159 Å². The minimum absolute atomic E-state index is 0.0141. The highest BCUT2D eigenvalue weighted by atomic mass is 19.2. The molecule has 2 N–H and O–H groups in total. The van der Waals surface area contributed by atoms with Crippen LogP contribution in [0.25, 0.3) is 5.57 Å². The zero-order valence-corrected chi connectivity index (χ0v) is 16.7. The van der Waals surface area contributed by atoms with Crippen molar-refractivity contribution in [1.82, 2.24) is 0 Å². The Morgan fingerprint density at radius 3 is 2.30 bits per heavy atom. The largest absolute Gasteiger partial charge is 0.497 e. The van der Waals surface area contributed by atoms with Crippen LogP contribution in [0.3, 0.4) is 0 Å². The molecule has 27 heavy (non-hydrogen) atoms. The van der Waals surface area contributed by atoms with Gasteiger partial charge in [0, 0.05) is 35.6 Å². The van der Waals surface area contributed by atoms with Gasteiger partial charge in [0.15, 0.2) is 11.6 Å². The van der Waals surface area contributed by atoms with Crippen LogP contribution in [0.15, 0.2) is 22.8 Å². The summed E-state index contributed by atoms with van der Waals surface area (Å²) in [5, 5.41) is 0. The maximum absolute atomic E-state index is 14.8. The van der Waals surface area contributed by atoms with E-state index in [-0.39, 0.29) is 11.0 Å². The van der Waals surface area contributed by atoms with E-state index in [1.54, 1.807) is 14.0 Å². The first-order valence-corrected chi connectivity index (χ1v) is 8.81. The van der Waals surface area contributed by atoms with E-state index in [0.29, 0.717) is 24.4 Å². The Kier molecular flexibility index (Phi) is 6.45. The van der Waals surface area contributed by atoms with Gasteiger partial charge in [0.05, 0.1) is 24.4 Å². The van der Waals surface area contributed by atoms with Crippen molar-refractivity contribution in [2.75, 3.05) is 20.3 Å². The zero-order chi connectivity index (χ0) is 20.4. The lowest BCUT2D eigenvalue weighted by molar-refractivity contribution is 0.00578. The van der Waals surface area contributed by atoms with Gasteiger partial charge < -0.3 is 19.8 Å². The molecule has 0 aliphatic carbocycles. The van der Waals surface area contributed by atoms with E-state index in [2.05, 4.69) is 4.99 Å².